The van der Waals surface area contributed by atoms with Gasteiger partial charge in [0.1, 0.15) is 17.6 Å². The van der Waals surface area contributed by atoms with Crippen LogP contribution in [-0.4, -0.2) is 50.0 Å². The van der Waals surface area contributed by atoms with Crippen molar-refractivity contribution in [3.63, 3.8) is 0 Å². The number of hydrogen-bond donors (Lipinski definition) is 0. The summed E-state index contributed by atoms with van der Waals surface area (Å²) in [5.41, 5.74) is 3.22. The molecule has 1 aromatic carbocycles. The van der Waals surface area contributed by atoms with Gasteiger partial charge in [-0.2, -0.15) is 0 Å². The molecule has 0 aliphatic heterocycles. The molecule has 158 valence electrons. The van der Waals surface area contributed by atoms with Crippen molar-refractivity contribution < 1.29 is 9.53 Å². The van der Waals surface area contributed by atoms with Gasteiger partial charge in [-0.25, -0.2) is 15.0 Å². The van der Waals surface area contributed by atoms with Crippen LogP contribution in [0.3, 0.4) is 0 Å². The van der Waals surface area contributed by atoms with E-state index in [-0.39, 0.29) is 5.91 Å². The maximum atomic E-state index is 13.4. The molecular formula is C23H29N5O2. The zero-order valence-corrected chi connectivity index (χ0v) is 17.8. The summed E-state index contributed by atoms with van der Waals surface area (Å²) in [4.78, 5) is 28.1. The lowest BCUT2D eigenvalue weighted by atomic mass is 9.93. The highest BCUT2D eigenvalue weighted by Crippen LogP contribution is 2.28. The van der Waals surface area contributed by atoms with E-state index >= 15 is 0 Å². The van der Waals surface area contributed by atoms with E-state index in [0.717, 1.165) is 36.9 Å². The lowest BCUT2D eigenvalue weighted by Crippen LogP contribution is -2.42. The van der Waals surface area contributed by atoms with Crippen molar-refractivity contribution in [1.29, 1.82) is 0 Å². The molecule has 0 N–H and O–H groups in total. The third kappa shape index (κ3) is 4.15. The van der Waals surface area contributed by atoms with Gasteiger partial charge in [0.25, 0.3) is 5.91 Å². The third-order valence-corrected chi connectivity index (χ3v) is 5.89. The minimum Gasteiger partial charge on any atom is -0.496 e. The molecule has 3 aromatic rings. The monoisotopic (exact) mass is 407 g/mol. The zero-order valence-electron chi connectivity index (χ0n) is 17.8. The Morgan fingerprint density at radius 2 is 2.07 bits per heavy atom. The Morgan fingerprint density at radius 1 is 1.23 bits per heavy atom. The summed E-state index contributed by atoms with van der Waals surface area (Å²) in [7, 11) is 1.63. The summed E-state index contributed by atoms with van der Waals surface area (Å²) in [6.07, 6.45) is 11.9. The predicted octanol–water partition coefficient (Wildman–Crippen LogP) is 4.07. The number of imidazole rings is 1. The van der Waals surface area contributed by atoms with Gasteiger partial charge in [-0.15, -0.1) is 0 Å². The van der Waals surface area contributed by atoms with Crippen LogP contribution in [0.2, 0.25) is 0 Å². The fourth-order valence-corrected chi connectivity index (χ4v) is 4.38. The van der Waals surface area contributed by atoms with Crippen molar-refractivity contribution in [2.75, 3.05) is 13.7 Å². The molecule has 1 aliphatic rings. The lowest BCUT2D eigenvalue weighted by molar-refractivity contribution is 0.0631. The molecule has 30 heavy (non-hydrogen) atoms. The van der Waals surface area contributed by atoms with E-state index in [2.05, 4.69) is 26.8 Å². The number of nitrogens with zero attached hydrogens (tertiary/aromatic N) is 5. The first-order valence-electron chi connectivity index (χ1n) is 10.8. The van der Waals surface area contributed by atoms with Crippen LogP contribution in [0, 0.1) is 0 Å². The zero-order chi connectivity index (χ0) is 20.9. The summed E-state index contributed by atoms with van der Waals surface area (Å²) < 4.78 is 7.63. The normalized spacial score (nSPS) is 14.7. The Labute approximate surface area is 177 Å². The molecule has 0 atom stereocenters. The number of methoxy groups -OCH3 is 1. The van der Waals surface area contributed by atoms with Crippen LogP contribution in [0.4, 0.5) is 0 Å². The summed E-state index contributed by atoms with van der Waals surface area (Å²) >= 11 is 0. The first kappa shape index (κ1) is 20.3. The van der Waals surface area contributed by atoms with Gasteiger partial charge in [0.15, 0.2) is 5.65 Å². The van der Waals surface area contributed by atoms with Crippen molar-refractivity contribution >= 4 is 17.1 Å². The molecule has 1 fully saturated rings. The van der Waals surface area contributed by atoms with Crippen LogP contribution < -0.4 is 4.74 Å². The molecule has 1 aliphatic carbocycles. The number of carbonyl (C=O) groups is 1. The maximum absolute atomic E-state index is 13.4. The minimum absolute atomic E-state index is 0.0774. The van der Waals surface area contributed by atoms with E-state index < -0.39 is 0 Å². The number of hydrogen-bond acceptors (Lipinski definition) is 5. The van der Waals surface area contributed by atoms with Gasteiger partial charge in [0.2, 0.25) is 0 Å². The van der Waals surface area contributed by atoms with E-state index in [4.69, 9.17) is 4.74 Å². The quantitative estimate of drug-likeness (QED) is 0.590. The van der Waals surface area contributed by atoms with Gasteiger partial charge in [0, 0.05) is 19.1 Å². The van der Waals surface area contributed by atoms with E-state index in [1.807, 2.05) is 22.8 Å². The fourth-order valence-electron chi connectivity index (χ4n) is 4.38. The van der Waals surface area contributed by atoms with E-state index in [0.29, 0.717) is 29.5 Å². The van der Waals surface area contributed by atoms with Crippen LogP contribution in [0.25, 0.3) is 11.2 Å². The maximum Gasteiger partial charge on any atom is 0.257 e. The smallest absolute Gasteiger partial charge is 0.257 e. The van der Waals surface area contributed by atoms with E-state index in [9.17, 15) is 4.79 Å². The number of carbonyl (C=O) groups excluding carboxylic acids is 1. The lowest BCUT2D eigenvalue weighted by Gasteiger charge is -2.34. The molecule has 1 saturated carbocycles. The topological polar surface area (TPSA) is 73.1 Å². The van der Waals surface area contributed by atoms with Gasteiger partial charge in [-0.3, -0.25) is 4.79 Å². The Kier molecular flexibility index (Phi) is 6.26. The van der Waals surface area contributed by atoms with Gasteiger partial charge >= 0.3 is 0 Å². The average molecular weight is 408 g/mol. The number of ether oxygens (including phenoxy) is 1. The summed E-state index contributed by atoms with van der Waals surface area (Å²) in [6, 6.07) is 6.19. The van der Waals surface area contributed by atoms with Gasteiger partial charge < -0.3 is 14.2 Å². The third-order valence-electron chi connectivity index (χ3n) is 5.89. The van der Waals surface area contributed by atoms with Crippen molar-refractivity contribution in [3.05, 3.63) is 48.2 Å². The van der Waals surface area contributed by atoms with Crippen molar-refractivity contribution in [2.24, 2.45) is 0 Å². The van der Waals surface area contributed by atoms with Crippen LogP contribution in [0.15, 0.2) is 37.1 Å². The molecule has 0 unspecified atom stereocenters. The highest BCUT2D eigenvalue weighted by atomic mass is 16.5. The molecule has 0 saturated heterocycles. The minimum atomic E-state index is 0.0774. The summed E-state index contributed by atoms with van der Waals surface area (Å²) in [5, 5.41) is 0. The molecule has 0 bridgehead atoms. The molecule has 2 heterocycles. The Hall–Kier alpha value is -2.96. The van der Waals surface area contributed by atoms with Crippen molar-refractivity contribution in [3.8, 4) is 5.75 Å². The number of fused-ring (bicyclic) bond motifs is 1. The second kappa shape index (κ2) is 9.24. The SMILES string of the molecule is CCCN(C(=O)c1ccc(Cn2cnc3ncncc32)cc1OC)C1CCCCC1. The second-order valence-electron chi connectivity index (χ2n) is 7.93. The number of aromatic nitrogens is 4. The Balaban J connectivity index is 1.58. The number of rotatable bonds is 7. The summed E-state index contributed by atoms with van der Waals surface area (Å²) in [5.74, 6) is 0.698. The molecule has 7 heteroatoms. The molecular weight excluding hydrogens is 378 g/mol. The molecule has 0 radical (unpaired) electrons. The first-order valence-corrected chi connectivity index (χ1v) is 10.8. The Morgan fingerprint density at radius 3 is 2.83 bits per heavy atom. The number of amides is 1. The van der Waals surface area contributed by atoms with Crippen molar-refractivity contribution in [2.45, 2.75) is 58.0 Å². The van der Waals surface area contributed by atoms with Gasteiger partial charge in [-0.05, 0) is 37.0 Å². The fraction of sp³-hybridized carbons (Fsp3) is 0.478. The van der Waals surface area contributed by atoms with Gasteiger partial charge in [-0.1, -0.05) is 32.3 Å². The molecule has 1 amide bonds. The second-order valence-corrected chi connectivity index (χ2v) is 7.93. The standard InChI is InChI=1S/C23H29N5O2/c1-3-11-28(18-7-5-4-6-8-18)23(29)19-10-9-17(12-21(19)30-2)14-27-16-26-22-20(27)13-24-15-25-22/h9-10,12-13,15-16,18H,3-8,11,14H2,1-2H3. The highest BCUT2D eigenvalue weighted by Gasteiger charge is 2.27. The van der Waals surface area contributed by atoms with E-state index in [1.165, 1.54) is 25.6 Å². The molecule has 2 aromatic heterocycles. The molecule has 7 nitrogen and oxygen atoms in total. The largest absolute Gasteiger partial charge is 0.496 e. The number of benzene rings is 1. The highest BCUT2D eigenvalue weighted by molar-refractivity contribution is 5.97. The van der Waals surface area contributed by atoms with Crippen LogP contribution in [-0.2, 0) is 6.54 Å². The first-order chi connectivity index (χ1) is 14.7. The average Bonchev–Trinajstić information content (AvgIpc) is 3.20. The van der Waals surface area contributed by atoms with Crippen LogP contribution in [0.1, 0.15) is 61.4 Å². The Bertz CT molecular complexity index is 1010. The van der Waals surface area contributed by atoms with Crippen LogP contribution in [0.5, 0.6) is 5.75 Å². The predicted molar refractivity (Wildman–Crippen MR) is 116 cm³/mol. The van der Waals surface area contributed by atoms with Crippen LogP contribution >= 0.6 is 0 Å². The van der Waals surface area contributed by atoms with Crippen molar-refractivity contribution in [1.82, 2.24) is 24.4 Å². The molecule has 4 rings (SSSR count). The van der Waals surface area contributed by atoms with E-state index in [1.54, 1.807) is 19.6 Å². The summed E-state index contributed by atoms with van der Waals surface area (Å²) in [6.45, 7) is 3.52. The molecule has 0 spiro atoms. The van der Waals surface area contributed by atoms with Gasteiger partial charge in [0.05, 0.1) is 25.2 Å².